The first-order chi connectivity index (χ1) is 5.31. The lowest BCUT2D eigenvalue weighted by molar-refractivity contribution is 0.392. The van der Waals surface area contributed by atoms with Crippen molar-refractivity contribution in [3.8, 4) is 0 Å². The minimum absolute atomic E-state index is 1.10. The molecule has 1 heteroatoms. The zero-order valence-electron chi connectivity index (χ0n) is 8.14. The lowest BCUT2D eigenvalue weighted by Crippen LogP contribution is -2.16. The lowest BCUT2D eigenvalue weighted by atomic mass is 10.2. The van der Waals surface area contributed by atoms with Crippen LogP contribution in [-0.4, -0.2) is 25.0 Å². The molecular weight excluding hydrogens is 134 g/mol. The fourth-order valence-corrected chi connectivity index (χ4v) is 0.823. The van der Waals surface area contributed by atoms with Gasteiger partial charge in [-0.2, -0.15) is 0 Å². The molecule has 0 aromatic heterocycles. The Balaban J connectivity index is 3.15. The summed E-state index contributed by atoms with van der Waals surface area (Å²) >= 11 is 0. The molecule has 0 aromatic carbocycles. The molecule has 0 fully saturated rings. The predicted octanol–water partition coefficient (Wildman–Crippen LogP) is 2.68. The maximum atomic E-state index is 2.29. The van der Waals surface area contributed by atoms with Gasteiger partial charge in [0.05, 0.1) is 0 Å². The molecule has 0 aliphatic rings. The highest BCUT2D eigenvalue weighted by atomic mass is 15.1. The number of unbranched alkanes of at least 4 members (excludes halogenated alkanes) is 2. The van der Waals surface area contributed by atoms with E-state index in [0.717, 1.165) is 13.1 Å². The zero-order chi connectivity index (χ0) is 8.53. The van der Waals surface area contributed by atoms with Crippen molar-refractivity contribution in [1.29, 1.82) is 0 Å². The van der Waals surface area contributed by atoms with Gasteiger partial charge in [0, 0.05) is 6.54 Å². The van der Waals surface area contributed by atoms with E-state index < -0.39 is 0 Å². The Morgan fingerprint density at radius 3 is 2.45 bits per heavy atom. The number of allylic oxidation sites excluding steroid dienone is 1. The molecule has 0 aromatic rings. The van der Waals surface area contributed by atoms with Gasteiger partial charge in [-0.3, -0.25) is 0 Å². The molecule has 0 rings (SSSR count). The van der Waals surface area contributed by atoms with Gasteiger partial charge in [0.25, 0.3) is 0 Å². The van der Waals surface area contributed by atoms with Gasteiger partial charge in [-0.15, -0.1) is 0 Å². The topological polar surface area (TPSA) is 3.24 Å². The van der Waals surface area contributed by atoms with Crippen LogP contribution in [0.4, 0.5) is 0 Å². The molecule has 0 saturated carbocycles. The molecule has 0 aliphatic carbocycles. The number of rotatable bonds is 6. The Labute approximate surface area is 71.1 Å². The van der Waals surface area contributed by atoms with Crippen LogP contribution >= 0.6 is 0 Å². The number of likely N-dealkylation sites (N-methyl/N-ethyl adjacent to an activating group) is 1. The summed E-state index contributed by atoms with van der Waals surface area (Å²) in [6.07, 6.45) is 8.42. The number of hydrogen-bond acceptors (Lipinski definition) is 1. The van der Waals surface area contributed by atoms with E-state index in [2.05, 4.69) is 37.9 Å². The zero-order valence-corrected chi connectivity index (χ0v) is 8.14. The van der Waals surface area contributed by atoms with E-state index in [1.165, 1.54) is 19.3 Å². The van der Waals surface area contributed by atoms with Crippen LogP contribution < -0.4 is 0 Å². The van der Waals surface area contributed by atoms with Crippen LogP contribution in [0.25, 0.3) is 0 Å². The third-order valence-corrected chi connectivity index (χ3v) is 1.85. The van der Waals surface area contributed by atoms with Gasteiger partial charge in [0.2, 0.25) is 0 Å². The van der Waals surface area contributed by atoms with Crippen molar-refractivity contribution in [1.82, 2.24) is 4.90 Å². The summed E-state index contributed by atoms with van der Waals surface area (Å²) in [7, 11) is 2.14. The molecule has 0 radical (unpaired) electrons. The van der Waals surface area contributed by atoms with Crippen LogP contribution in [-0.2, 0) is 0 Å². The normalized spacial score (nSPS) is 11.6. The molecule has 0 atom stereocenters. The summed E-state index contributed by atoms with van der Waals surface area (Å²) in [4.78, 5) is 2.29. The Morgan fingerprint density at radius 2 is 1.91 bits per heavy atom. The second kappa shape index (κ2) is 7.80. The highest BCUT2D eigenvalue weighted by Crippen LogP contribution is 1.94. The number of nitrogens with zero attached hydrogens (tertiary/aromatic N) is 1. The molecular formula is C10H21N. The van der Waals surface area contributed by atoms with E-state index in [1.807, 2.05) is 0 Å². The largest absolute Gasteiger partial charge is 0.303 e. The van der Waals surface area contributed by atoms with Gasteiger partial charge < -0.3 is 4.90 Å². The average Bonchev–Trinajstić information content (AvgIpc) is 2.04. The van der Waals surface area contributed by atoms with Crippen molar-refractivity contribution in [2.45, 2.75) is 33.1 Å². The van der Waals surface area contributed by atoms with Crippen LogP contribution in [0, 0.1) is 0 Å². The summed E-state index contributed by atoms with van der Waals surface area (Å²) in [5, 5.41) is 0. The monoisotopic (exact) mass is 155 g/mol. The maximum absolute atomic E-state index is 2.29. The van der Waals surface area contributed by atoms with Crippen molar-refractivity contribution in [2.75, 3.05) is 20.1 Å². The lowest BCUT2D eigenvalue weighted by Gasteiger charge is -2.09. The Morgan fingerprint density at radius 1 is 1.18 bits per heavy atom. The smallest absolute Gasteiger partial charge is 0.0160 e. The van der Waals surface area contributed by atoms with Crippen molar-refractivity contribution in [3.05, 3.63) is 12.2 Å². The summed E-state index contributed by atoms with van der Waals surface area (Å²) in [5.41, 5.74) is 0. The van der Waals surface area contributed by atoms with E-state index in [4.69, 9.17) is 0 Å². The van der Waals surface area contributed by atoms with Gasteiger partial charge in [0.15, 0.2) is 0 Å². The van der Waals surface area contributed by atoms with Crippen LogP contribution in [0.2, 0.25) is 0 Å². The molecule has 0 spiro atoms. The van der Waals surface area contributed by atoms with Crippen LogP contribution in [0.1, 0.15) is 33.1 Å². The van der Waals surface area contributed by atoms with E-state index in [1.54, 1.807) is 0 Å². The molecule has 0 aliphatic heterocycles. The van der Waals surface area contributed by atoms with Gasteiger partial charge >= 0.3 is 0 Å². The minimum atomic E-state index is 1.10. The Bertz CT molecular complexity index is 97.0. The van der Waals surface area contributed by atoms with Crippen LogP contribution in [0.15, 0.2) is 12.2 Å². The first-order valence-electron chi connectivity index (χ1n) is 4.64. The van der Waals surface area contributed by atoms with Crippen LogP contribution in [0.5, 0.6) is 0 Å². The summed E-state index contributed by atoms with van der Waals surface area (Å²) in [5.74, 6) is 0. The SMILES string of the molecule is CCCC/C=C/CN(C)CC. The first-order valence-corrected chi connectivity index (χ1v) is 4.64. The maximum Gasteiger partial charge on any atom is 0.0160 e. The molecule has 0 bridgehead atoms. The first kappa shape index (κ1) is 10.7. The quantitative estimate of drug-likeness (QED) is 0.421. The second-order valence-corrected chi connectivity index (χ2v) is 2.97. The molecule has 11 heavy (non-hydrogen) atoms. The van der Waals surface area contributed by atoms with Crippen LogP contribution in [0.3, 0.4) is 0 Å². The van der Waals surface area contributed by atoms with E-state index in [9.17, 15) is 0 Å². The van der Waals surface area contributed by atoms with Gasteiger partial charge in [-0.25, -0.2) is 0 Å². The molecule has 0 heterocycles. The number of hydrogen-bond donors (Lipinski definition) is 0. The Hall–Kier alpha value is -0.300. The summed E-state index contributed by atoms with van der Waals surface area (Å²) in [6, 6.07) is 0. The van der Waals surface area contributed by atoms with Gasteiger partial charge in [-0.05, 0) is 20.0 Å². The summed E-state index contributed by atoms with van der Waals surface area (Å²) in [6.45, 7) is 6.64. The standard InChI is InChI=1S/C10H21N/c1-4-6-7-8-9-10-11(3)5-2/h8-9H,4-7,10H2,1-3H3/b9-8+. The van der Waals surface area contributed by atoms with Gasteiger partial charge in [-0.1, -0.05) is 38.8 Å². The van der Waals surface area contributed by atoms with Crippen molar-refractivity contribution in [2.24, 2.45) is 0 Å². The highest BCUT2D eigenvalue weighted by Gasteiger charge is 1.86. The average molecular weight is 155 g/mol. The molecule has 0 unspecified atom stereocenters. The molecule has 0 amide bonds. The van der Waals surface area contributed by atoms with Crippen molar-refractivity contribution < 1.29 is 0 Å². The summed E-state index contributed by atoms with van der Waals surface area (Å²) < 4.78 is 0. The molecule has 0 N–H and O–H groups in total. The molecule has 0 saturated heterocycles. The van der Waals surface area contributed by atoms with E-state index in [-0.39, 0.29) is 0 Å². The highest BCUT2D eigenvalue weighted by molar-refractivity contribution is 4.83. The Kier molecular flexibility index (Phi) is 7.59. The minimum Gasteiger partial charge on any atom is -0.303 e. The predicted molar refractivity (Wildman–Crippen MR) is 51.8 cm³/mol. The van der Waals surface area contributed by atoms with E-state index in [0.29, 0.717) is 0 Å². The van der Waals surface area contributed by atoms with Gasteiger partial charge in [0.1, 0.15) is 0 Å². The second-order valence-electron chi connectivity index (χ2n) is 2.97. The van der Waals surface area contributed by atoms with Crippen molar-refractivity contribution in [3.63, 3.8) is 0 Å². The third-order valence-electron chi connectivity index (χ3n) is 1.85. The fourth-order valence-electron chi connectivity index (χ4n) is 0.823. The molecule has 1 nitrogen and oxygen atoms in total. The molecule has 66 valence electrons. The van der Waals surface area contributed by atoms with Crippen molar-refractivity contribution >= 4 is 0 Å². The fraction of sp³-hybridized carbons (Fsp3) is 0.800. The third kappa shape index (κ3) is 7.60. The van der Waals surface area contributed by atoms with E-state index >= 15 is 0 Å².